The Labute approximate surface area is 153 Å². The van der Waals surface area contributed by atoms with Crippen molar-refractivity contribution in [3.8, 4) is 11.5 Å². The highest BCUT2D eigenvalue weighted by molar-refractivity contribution is 6.02. The van der Waals surface area contributed by atoms with E-state index in [9.17, 15) is 4.79 Å². The van der Waals surface area contributed by atoms with E-state index in [2.05, 4.69) is 25.5 Å². The lowest BCUT2D eigenvalue weighted by Crippen LogP contribution is -2.17. The number of amides is 1. The van der Waals surface area contributed by atoms with Crippen LogP contribution in [0.15, 0.2) is 30.6 Å². The molecular formula is C18H25N5O3. The lowest BCUT2D eigenvalue weighted by molar-refractivity contribution is 0.102. The molecule has 0 aliphatic carbocycles. The zero-order chi connectivity index (χ0) is 18.9. The number of carbonyl (C=O) groups is 1. The van der Waals surface area contributed by atoms with Crippen LogP contribution in [-0.2, 0) is 0 Å². The van der Waals surface area contributed by atoms with E-state index in [0.29, 0.717) is 23.0 Å². The van der Waals surface area contributed by atoms with Gasteiger partial charge in [-0.15, -0.1) is 0 Å². The van der Waals surface area contributed by atoms with Crippen molar-refractivity contribution in [3.63, 3.8) is 0 Å². The zero-order valence-corrected chi connectivity index (χ0v) is 15.6. The van der Waals surface area contributed by atoms with Gasteiger partial charge in [-0.3, -0.25) is 4.79 Å². The minimum atomic E-state index is -0.344. The van der Waals surface area contributed by atoms with Crippen LogP contribution in [0, 0.1) is 0 Å². The molecule has 2 aromatic rings. The average Bonchev–Trinajstić information content (AvgIpc) is 2.65. The number of carbonyl (C=O) groups excluding carboxylic acids is 1. The first-order valence-electron chi connectivity index (χ1n) is 8.27. The van der Waals surface area contributed by atoms with Crippen LogP contribution in [0.25, 0.3) is 0 Å². The quantitative estimate of drug-likeness (QED) is 0.663. The first-order chi connectivity index (χ1) is 12.5. The fraction of sp³-hybridized carbons (Fsp3) is 0.389. The molecule has 0 saturated carbocycles. The predicted molar refractivity (Wildman–Crippen MR) is 101 cm³/mol. The van der Waals surface area contributed by atoms with E-state index in [1.54, 1.807) is 38.6 Å². The third-order valence-electron chi connectivity index (χ3n) is 3.61. The summed E-state index contributed by atoms with van der Waals surface area (Å²) >= 11 is 0. The fourth-order valence-corrected chi connectivity index (χ4v) is 2.26. The van der Waals surface area contributed by atoms with Crippen molar-refractivity contribution in [2.75, 3.05) is 52.0 Å². The van der Waals surface area contributed by atoms with Gasteiger partial charge in [0.2, 0.25) is 0 Å². The largest absolute Gasteiger partial charge is 0.493 e. The van der Waals surface area contributed by atoms with Crippen molar-refractivity contribution in [3.05, 3.63) is 36.3 Å². The lowest BCUT2D eigenvalue weighted by Gasteiger charge is -2.11. The molecule has 8 nitrogen and oxygen atoms in total. The highest BCUT2D eigenvalue weighted by Gasteiger charge is 2.11. The van der Waals surface area contributed by atoms with Crippen LogP contribution in [0.3, 0.4) is 0 Å². The Balaban J connectivity index is 1.93. The van der Waals surface area contributed by atoms with Crippen LogP contribution in [0.2, 0.25) is 0 Å². The Bertz CT molecular complexity index is 719. The SMILES string of the molecule is COc1ccc(NC(=O)c2cnc(NCCCN(C)C)cn2)cc1OC. The maximum Gasteiger partial charge on any atom is 0.275 e. The standard InChI is InChI=1S/C18H25N5O3/c1-23(2)9-5-8-19-17-12-20-14(11-21-17)18(24)22-13-6-7-15(25-3)16(10-13)26-4/h6-7,10-12H,5,8-9H2,1-4H3,(H,19,21)(H,22,24). The average molecular weight is 359 g/mol. The molecule has 0 aliphatic heterocycles. The Morgan fingerprint density at radius 3 is 2.50 bits per heavy atom. The van der Waals surface area contributed by atoms with Crippen LogP contribution in [0.1, 0.15) is 16.9 Å². The summed E-state index contributed by atoms with van der Waals surface area (Å²) in [5, 5.41) is 5.95. The minimum Gasteiger partial charge on any atom is -0.493 e. The topological polar surface area (TPSA) is 88.6 Å². The van der Waals surface area contributed by atoms with Gasteiger partial charge >= 0.3 is 0 Å². The van der Waals surface area contributed by atoms with E-state index < -0.39 is 0 Å². The molecule has 0 unspecified atom stereocenters. The Hall–Kier alpha value is -2.87. The molecule has 0 saturated heterocycles. The molecule has 1 aromatic heterocycles. The summed E-state index contributed by atoms with van der Waals surface area (Å²) in [5.41, 5.74) is 0.818. The van der Waals surface area contributed by atoms with E-state index in [1.165, 1.54) is 6.20 Å². The molecule has 2 rings (SSSR count). The molecule has 0 bridgehead atoms. The van der Waals surface area contributed by atoms with Crippen molar-refractivity contribution in [2.45, 2.75) is 6.42 Å². The van der Waals surface area contributed by atoms with Gasteiger partial charge in [0, 0.05) is 18.3 Å². The first kappa shape index (κ1) is 19.5. The number of anilines is 2. The van der Waals surface area contributed by atoms with Crippen molar-refractivity contribution in [1.29, 1.82) is 0 Å². The summed E-state index contributed by atoms with van der Waals surface area (Å²) in [6.45, 7) is 1.79. The third-order valence-corrected chi connectivity index (χ3v) is 3.61. The number of hydrogen-bond donors (Lipinski definition) is 2. The van der Waals surface area contributed by atoms with Gasteiger partial charge in [-0.2, -0.15) is 0 Å². The Morgan fingerprint density at radius 2 is 1.88 bits per heavy atom. The molecule has 2 N–H and O–H groups in total. The van der Waals surface area contributed by atoms with Crippen molar-refractivity contribution in [2.24, 2.45) is 0 Å². The molecule has 0 aliphatic rings. The molecule has 26 heavy (non-hydrogen) atoms. The zero-order valence-electron chi connectivity index (χ0n) is 15.6. The molecule has 140 valence electrons. The number of nitrogens with one attached hydrogen (secondary N) is 2. The van der Waals surface area contributed by atoms with E-state index in [0.717, 1.165) is 19.5 Å². The monoisotopic (exact) mass is 359 g/mol. The van der Waals surface area contributed by atoms with Crippen molar-refractivity contribution in [1.82, 2.24) is 14.9 Å². The van der Waals surface area contributed by atoms with Crippen LogP contribution >= 0.6 is 0 Å². The van der Waals surface area contributed by atoms with Crippen LogP contribution in [0.5, 0.6) is 11.5 Å². The summed E-state index contributed by atoms with van der Waals surface area (Å²) in [4.78, 5) is 22.8. The molecule has 1 heterocycles. The Morgan fingerprint density at radius 1 is 1.12 bits per heavy atom. The van der Waals surface area contributed by atoms with E-state index >= 15 is 0 Å². The summed E-state index contributed by atoms with van der Waals surface area (Å²) in [5.74, 6) is 1.43. The van der Waals surface area contributed by atoms with Gasteiger partial charge in [0.25, 0.3) is 5.91 Å². The third kappa shape index (κ3) is 5.59. The van der Waals surface area contributed by atoms with Gasteiger partial charge in [-0.25, -0.2) is 9.97 Å². The molecule has 0 radical (unpaired) electrons. The molecule has 1 aromatic carbocycles. The summed E-state index contributed by atoms with van der Waals surface area (Å²) in [7, 11) is 7.16. The first-order valence-corrected chi connectivity index (χ1v) is 8.27. The summed E-state index contributed by atoms with van der Waals surface area (Å²) < 4.78 is 10.4. The van der Waals surface area contributed by atoms with Gasteiger partial charge in [-0.05, 0) is 39.2 Å². The minimum absolute atomic E-state index is 0.235. The molecule has 8 heteroatoms. The molecule has 1 amide bonds. The number of aromatic nitrogens is 2. The van der Waals surface area contributed by atoms with Crippen LogP contribution < -0.4 is 20.1 Å². The maximum absolute atomic E-state index is 12.3. The van der Waals surface area contributed by atoms with Gasteiger partial charge in [0.15, 0.2) is 11.5 Å². The smallest absolute Gasteiger partial charge is 0.275 e. The van der Waals surface area contributed by atoms with Gasteiger partial charge in [0.05, 0.1) is 26.6 Å². The number of rotatable bonds is 9. The predicted octanol–water partition coefficient (Wildman–Crippen LogP) is 2.11. The second kappa shape index (κ2) is 9.57. The van der Waals surface area contributed by atoms with Crippen molar-refractivity contribution < 1.29 is 14.3 Å². The second-order valence-electron chi connectivity index (χ2n) is 5.89. The van der Waals surface area contributed by atoms with E-state index in [1.807, 2.05) is 14.1 Å². The molecule has 0 atom stereocenters. The van der Waals surface area contributed by atoms with Gasteiger partial charge in [0.1, 0.15) is 11.5 Å². The molecule has 0 fully saturated rings. The van der Waals surface area contributed by atoms with Crippen LogP contribution in [0.4, 0.5) is 11.5 Å². The molecular weight excluding hydrogens is 334 g/mol. The number of hydrogen-bond acceptors (Lipinski definition) is 7. The Kier molecular flexibility index (Phi) is 7.16. The van der Waals surface area contributed by atoms with Gasteiger partial charge in [-0.1, -0.05) is 0 Å². The number of methoxy groups -OCH3 is 2. The number of nitrogens with zero attached hydrogens (tertiary/aromatic N) is 3. The number of benzene rings is 1. The van der Waals surface area contributed by atoms with Crippen molar-refractivity contribution >= 4 is 17.4 Å². The van der Waals surface area contributed by atoms with E-state index in [4.69, 9.17) is 9.47 Å². The normalized spacial score (nSPS) is 10.5. The van der Waals surface area contributed by atoms with Crippen LogP contribution in [-0.4, -0.2) is 62.2 Å². The highest BCUT2D eigenvalue weighted by atomic mass is 16.5. The highest BCUT2D eigenvalue weighted by Crippen LogP contribution is 2.29. The lowest BCUT2D eigenvalue weighted by atomic mass is 10.2. The summed E-state index contributed by atoms with van der Waals surface area (Å²) in [6, 6.07) is 5.14. The fourth-order valence-electron chi connectivity index (χ4n) is 2.26. The van der Waals surface area contributed by atoms with E-state index in [-0.39, 0.29) is 11.6 Å². The van der Waals surface area contributed by atoms with Gasteiger partial charge < -0.3 is 25.0 Å². The number of ether oxygens (including phenoxy) is 2. The molecule has 0 spiro atoms. The summed E-state index contributed by atoms with van der Waals surface area (Å²) in [6.07, 6.45) is 4.00. The second-order valence-corrected chi connectivity index (χ2v) is 5.89. The maximum atomic E-state index is 12.3.